The third-order valence-electron chi connectivity index (χ3n) is 7.98. The maximum absolute atomic E-state index is 11.0. The Morgan fingerprint density at radius 1 is 0.604 bits per heavy atom. The number of halogens is 2. The van der Waals surface area contributed by atoms with Gasteiger partial charge in [-0.25, -0.2) is 19.7 Å². The summed E-state index contributed by atoms with van der Waals surface area (Å²) in [5, 5.41) is 15.7. The molecule has 0 aliphatic carbocycles. The zero-order valence-electron chi connectivity index (χ0n) is 28.2. The molecule has 0 spiro atoms. The van der Waals surface area contributed by atoms with Gasteiger partial charge >= 0.3 is 5.97 Å². The van der Waals surface area contributed by atoms with Gasteiger partial charge in [-0.05, 0) is 91.0 Å². The first kappa shape index (κ1) is 35.2. The average Bonchev–Trinajstić information content (AvgIpc) is 3.64. The summed E-state index contributed by atoms with van der Waals surface area (Å²) in [7, 11) is 3.92. The smallest absolute Gasteiger partial charge is 0.354 e. The van der Waals surface area contributed by atoms with Gasteiger partial charge in [-0.1, -0.05) is 31.9 Å². The number of nitrogens with zero attached hydrogens (tertiary/aromatic N) is 6. The number of hydrogen-bond donors (Lipinski definition) is 3. The second-order valence-corrected chi connectivity index (χ2v) is 13.5. The summed E-state index contributed by atoms with van der Waals surface area (Å²) >= 11 is 6.86. The van der Waals surface area contributed by atoms with Crippen molar-refractivity contribution in [1.82, 2.24) is 29.1 Å². The van der Waals surface area contributed by atoms with Gasteiger partial charge in [0.1, 0.15) is 23.0 Å². The molecule has 8 rings (SSSR count). The topological polar surface area (TPSA) is 141 Å². The van der Waals surface area contributed by atoms with E-state index in [0.717, 1.165) is 59.8 Å². The number of aromatic nitrogens is 6. The minimum absolute atomic E-state index is 0.0719. The Morgan fingerprint density at radius 2 is 1.06 bits per heavy atom. The summed E-state index contributed by atoms with van der Waals surface area (Å²) in [6.07, 6.45) is 4.81. The Morgan fingerprint density at radius 3 is 1.55 bits per heavy atom. The summed E-state index contributed by atoms with van der Waals surface area (Å²) in [5.41, 5.74) is 5.43. The third kappa shape index (κ3) is 8.46. The summed E-state index contributed by atoms with van der Waals surface area (Å²) < 4.78 is 17.7. The van der Waals surface area contributed by atoms with Crippen LogP contribution in [0.25, 0.3) is 22.1 Å². The van der Waals surface area contributed by atoms with Crippen LogP contribution in [0.15, 0.2) is 137 Å². The predicted octanol–water partition coefficient (Wildman–Crippen LogP) is 10.2. The lowest BCUT2D eigenvalue weighted by atomic mass is 10.3. The predicted molar refractivity (Wildman–Crippen MR) is 212 cm³/mol. The van der Waals surface area contributed by atoms with E-state index in [-0.39, 0.29) is 5.69 Å². The van der Waals surface area contributed by atoms with E-state index in [0.29, 0.717) is 17.4 Å². The molecule has 0 aliphatic heterocycles. The number of benzene rings is 4. The standard InChI is InChI=1S/C20H15BrN4O3.C19H15BrN4O/c1-25-18-7-6-14(28-15-8-9-22-17(11-15)19(26)27)10-16(18)24-20(25)23-13-4-2-12(21)3-5-13;1-24-18-7-6-16(25-15-8-10-21-11-9-15)12-17(18)23-19(24)22-14-4-2-13(20)3-5-14/h2-11H,1H3,(H,23,24)(H,26,27);2-12H,1H3,(H,22,23). The first-order chi connectivity index (χ1) is 25.7. The average molecular weight is 835 g/mol. The summed E-state index contributed by atoms with van der Waals surface area (Å²) in [5.74, 6) is 2.82. The lowest BCUT2D eigenvalue weighted by Gasteiger charge is -2.07. The maximum Gasteiger partial charge on any atom is 0.354 e. The van der Waals surface area contributed by atoms with Crippen LogP contribution >= 0.6 is 31.9 Å². The number of aryl methyl sites for hydroxylation is 2. The zero-order chi connectivity index (χ0) is 36.9. The molecule has 0 aliphatic rings. The molecule has 264 valence electrons. The van der Waals surface area contributed by atoms with Gasteiger partial charge in [-0.3, -0.25) is 4.98 Å². The van der Waals surface area contributed by atoms with Crippen LogP contribution in [-0.2, 0) is 14.1 Å². The van der Waals surface area contributed by atoms with Gasteiger partial charge in [-0.2, -0.15) is 0 Å². The van der Waals surface area contributed by atoms with Crippen molar-refractivity contribution in [3.63, 3.8) is 0 Å². The highest BCUT2D eigenvalue weighted by atomic mass is 79.9. The molecule has 0 saturated heterocycles. The van der Waals surface area contributed by atoms with Gasteiger partial charge < -0.3 is 34.3 Å². The number of hydrogen-bond acceptors (Lipinski definition) is 9. The molecule has 0 fully saturated rings. The number of nitrogens with one attached hydrogen (secondary N) is 2. The molecule has 14 heteroatoms. The van der Waals surface area contributed by atoms with Crippen LogP contribution in [0, 0.1) is 0 Å². The molecule has 8 aromatic rings. The molecule has 3 N–H and O–H groups in total. The minimum Gasteiger partial charge on any atom is -0.477 e. The molecule has 4 aromatic heterocycles. The van der Waals surface area contributed by atoms with Gasteiger partial charge in [0.05, 0.1) is 22.1 Å². The van der Waals surface area contributed by atoms with E-state index in [1.54, 1.807) is 18.5 Å². The van der Waals surface area contributed by atoms with E-state index in [4.69, 9.17) is 14.6 Å². The van der Waals surface area contributed by atoms with Crippen molar-refractivity contribution in [3.05, 3.63) is 142 Å². The summed E-state index contributed by atoms with van der Waals surface area (Å²) in [4.78, 5) is 28.1. The number of carbonyl (C=O) groups is 1. The van der Waals surface area contributed by atoms with Crippen molar-refractivity contribution < 1.29 is 19.4 Å². The van der Waals surface area contributed by atoms with E-state index < -0.39 is 5.97 Å². The van der Waals surface area contributed by atoms with Crippen LogP contribution in [0.3, 0.4) is 0 Å². The molecule has 0 amide bonds. The number of rotatable bonds is 9. The van der Waals surface area contributed by atoms with Crippen molar-refractivity contribution in [2.75, 3.05) is 10.6 Å². The molecule has 0 saturated carbocycles. The Labute approximate surface area is 320 Å². The fourth-order valence-electron chi connectivity index (χ4n) is 5.30. The van der Waals surface area contributed by atoms with Gasteiger partial charge in [0, 0.05) is 71.2 Å². The molecule has 0 bridgehead atoms. The van der Waals surface area contributed by atoms with E-state index in [9.17, 15) is 4.79 Å². The highest BCUT2D eigenvalue weighted by Gasteiger charge is 2.12. The van der Waals surface area contributed by atoms with Crippen molar-refractivity contribution in [3.8, 4) is 23.0 Å². The van der Waals surface area contributed by atoms with Crippen LogP contribution in [0.2, 0.25) is 0 Å². The second-order valence-electron chi connectivity index (χ2n) is 11.6. The quantitative estimate of drug-likeness (QED) is 0.129. The number of aromatic carboxylic acids is 1. The van der Waals surface area contributed by atoms with Crippen molar-refractivity contribution in [1.29, 1.82) is 0 Å². The first-order valence-corrected chi connectivity index (χ1v) is 17.7. The monoisotopic (exact) mass is 832 g/mol. The number of fused-ring (bicyclic) bond motifs is 2. The Balaban J connectivity index is 0.000000165. The summed E-state index contributed by atoms with van der Waals surface area (Å²) in [6.45, 7) is 0. The fraction of sp³-hybridized carbons (Fsp3) is 0.0513. The van der Waals surface area contributed by atoms with Gasteiger partial charge in [0.2, 0.25) is 11.9 Å². The van der Waals surface area contributed by atoms with E-state index >= 15 is 0 Å². The zero-order valence-corrected chi connectivity index (χ0v) is 31.4. The van der Waals surface area contributed by atoms with Crippen molar-refractivity contribution >= 4 is 83.2 Å². The lowest BCUT2D eigenvalue weighted by molar-refractivity contribution is 0.0690. The van der Waals surface area contributed by atoms with E-state index in [2.05, 4.69) is 62.4 Å². The molecule has 0 atom stereocenters. The minimum atomic E-state index is -1.10. The lowest BCUT2D eigenvalue weighted by Crippen LogP contribution is -1.99. The third-order valence-corrected chi connectivity index (χ3v) is 9.03. The normalized spacial score (nSPS) is 10.8. The van der Waals surface area contributed by atoms with E-state index in [1.165, 1.54) is 12.3 Å². The van der Waals surface area contributed by atoms with Crippen LogP contribution in [-0.4, -0.2) is 40.1 Å². The molecule has 4 heterocycles. The number of ether oxygens (including phenoxy) is 2. The van der Waals surface area contributed by atoms with Crippen LogP contribution in [0.4, 0.5) is 23.3 Å². The molecule has 12 nitrogen and oxygen atoms in total. The molecular weight excluding hydrogens is 804 g/mol. The van der Waals surface area contributed by atoms with Crippen LogP contribution in [0.5, 0.6) is 23.0 Å². The number of imidazole rings is 2. The van der Waals surface area contributed by atoms with Gasteiger partial charge in [0.15, 0.2) is 5.69 Å². The largest absolute Gasteiger partial charge is 0.477 e. The van der Waals surface area contributed by atoms with Crippen molar-refractivity contribution in [2.45, 2.75) is 0 Å². The molecule has 0 radical (unpaired) electrons. The highest BCUT2D eigenvalue weighted by molar-refractivity contribution is 9.10. The first-order valence-electron chi connectivity index (χ1n) is 16.1. The summed E-state index contributed by atoms with van der Waals surface area (Å²) in [6, 6.07) is 33.9. The maximum atomic E-state index is 11.0. The number of pyridine rings is 2. The Hall–Kier alpha value is -6.25. The second kappa shape index (κ2) is 15.6. The van der Waals surface area contributed by atoms with Crippen LogP contribution < -0.4 is 20.1 Å². The van der Waals surface area contributed by atoms with Gasteiger partial charge in [0.25, 0.3) is 0 Å². The molecule has 0 unspecified atom stereocenters. The Bertz CT molecular complexity index is 2540. The molecule has 4 aromatic carbocycles. The molecular formula is C39H30Br2N8O4. The number of carboxylic acid groups (broad SMARTS) is 1. The fourth-order valence-corrected chi connectivity index (χ4v) is 5.83. The van der Waals surface area contributed by atoms with E-state index in [1.807, 2.05) is 120 Å². The van der Waals surface area contributed by atoms with Gasteiger partial charge in [-0.15, -0.1) is 0 Å². The number of carboxylic acids is 1. The highest BCUT2D eigenvalue weighted by Crippen LogP contribution is 2.30. The SMILES string of the molecule is Cn1c(Nc2ccc(Br)cc2)nc2cc(Oc3ccnc(C(=O)O)c3)ccc21.Cn1c(Nc2ccc(Br)cc2)nc2cc(Oc3ccncc3)ccc21. The van der Waals surface area contributed by atoms with Crippen molar-refractivity contribution in [2.24, 2.45) is 14.1 Å². The van der Waals surface area contributed by atoms with Crippen LogP contribution in [0.1, 0.15) is 10.5 Å². The molecule has 53 heavy (non-hydrogen) atoms. The Kier molecular flexibility index (Phi) is 10.3. The number of anilines is 4.